The first kappa shape index (κ1) is 14.3. The van der Waals surface area contributed by atoms with Crippen LogP contribution in [-0.2, 0) is 0 Å². The molecule has 22 heavy (non-hydrogen) atoms. The Kier molecular flexibility index (Phi) is 3.63. The van der Waals surface area contributed by atoms with Crippen molar-refractivity contribution >= 4 is 17.4 Å². The third-order valence-corrected chi connectivity index (χ3v) is 3.69. The third-order valence-electron chi connectivity index (χ3n) is 3.69. The smallest absolute Gasteiger partial charge is 0.258 e. The maximum atomic E-state index is 13.0. The van der Waals surface area contributed by atoms with Crippen LogP contribution in [0.3, 0.4) is 0 Å². The zero-order valence-electron chi connectivity index (χ0n) is 12.0. The second kappa shape index (κ2) is 5.60. The topological polar surface area (TPSA) is 46.6 Å². The lowest BCUT2D eigenvalue weighted by Gasteiger charge is -2.30. The number of para-hydroxylation sites is 1. The summed E-state index contributed by atoms with van der Waals surface area (Å²) < 4.78 is 18.3. The van der Waals surface area contributed by atoms with Crippen LogP contribution < -0.4 is 9.64 Å². The number of ether oxygens (including phenoxy) is 1. The van der Waals surface area contributed by atoms with Crippen LogP contribution in [0.1, 0.15) is 27.1 Å². The Morgan fingerprint density at radius 2 is 1.91 bits per heavy atom. The molecule has 1 aliphatic rings. The van der Waals surface area contributed by atoms with Crippen molar-refractivity contribution in [3.63, 3.8) is 0 Å². The summed E-state index contributed by atoms with van der Waals surface area (Å²) in [6, 6.07) is 10.5. The standard InChI is InChI=1S/C17H14FNO3/c1-22-15-4-2-3-13-14(20)9-10-19(16(13)15)17(21)11-5-7-12(18)8-6-11/h2-8H,9-10H2,1H3. The summed E-state index contributed by atoms with van der Waals surface area (Å²) >= 11 is 0. The molecule has 5 heteroatoms. The molecule has 3 rings (SSSR count). The molecule has 0 unspecified atom stereocenters. The van der Waals surface area contributed by atoms with Crippen LogP contribution in [0, 0.1) is 5.82 Å². The molecule has 0 saturated carbocycles. The molecule has 0 aliphatic carbocycles. The Morgan fingerprint density at radius 3 is 2.59 bits per heavy atom. The van der Waals surface area contributed by atoms with Gasteiger partial charge >= 0.3 is 0 Å². The van der Waals surface area contributed by atoms with Gasteiger partial charge in [-0.3, -0.25) is 9.59 Å². The zero-order valence-corrected chi connectivity index (χ0v) is 12.0. The lowest BCUT2D eigenvalue weighted by molar-refractivity contribution is 0.0954. The van der Waals surface area contributed by atoms with E-state index in [2.05, 4.69) is 0 Å². The fraction of sp³-hybridized carbons (Fsp3) is 0.176. The van der Waals surface area contributed by atoms with Gasteiger partial charge in [0.1, 0.15) is 11.6 Å². The van der Waals surface area contributed by atoms with Crippen molar-refractivity contribution in [3.8, 4) is 5.75 Å². The molecule has 0 N–H and O–H groups in total. The Labute approximate surface area is 127 Å². The maximum Gasteiger partial charge on any atom is 0.258 e. The van der Waals surface area contributed by atoms with E-state index >= 15 is 0 Å². The van der Waals surface area contributed by atoms with Gasteiger partial charge in [0.2, 0.25) is 0 Å². The molecule has 2 aromatic carbocycles. The van der Waals surface area contributed by atoms with Crippen LogP contribution >= 0.6 is 0 Å². The van der Waals surface area contributed by atoms with Crippen LogP contribution in [0.2, 0.25) is 0 Å². The molecule has 4 nitrogen and oxygen atoms in total. The van der Waals surface area contributed by atoms with Gasteiger partial charge in [-0.1, -0.05) is 6.07 Å². The van der Waals surface area contributed by atoms with E-state index in [4.69, 9.17) is 4.74 Å². The van der Waals surface area contributed by atoms with Crippen LogP contribution in [0.5, 0.6) is 5.75 Å². The number of hydrogen-bond donors (Lipinski definition) is 0. The summed E-state index contributed by atoms with van der Waals surface area (Å²) in [5.74, 6) is -0.223. The lowest BCUT2D eigenvalue weighted by Crippen LogP contribution is -2.37. The average molecular weight is 299 g/mol. The summed E-state index contributed by atoms with van der Waals surface area (Å²) in [5.41, 5.74) is 1.32. The molecule has 0 atom stereocenters. The van der Waals surface area contributed by atoms with Crippen molar-refractivity contribution in [3.05, 3.63) is 59.4 Å². The van der Waals surface area contributed by atoms with Crippen molar-refractivity contribution in [2.75, 3.05) is 18.6 Å². The molecular formula is C17H14FNO3. The minimum Gasteiger partial charge on any atom is -0.495 e. The third kappa shape index (κ3) is 2.35. The molecule has 0 aromatic heterocycles. The van der Waals surface area contributed by atoms with Gasteiger partial charge in [-0.25, -0.2) is 4.39 Å². The number of hydrogen-bond acceptors (Lipinski definition) is 3. The highest BCUT2D eigenvalue weighted by molar-refractivity contribution is 6.14. The predicted octanol–water partition coefficient (Wildman–Crippen LogP) is 3.07. The van der Waals surface area contributed by atoms with Gasteiger partial charge in [-0.05, 0) is 36.4 Å². The number of Topliss-reactive ketones (excluding diaryl/α,β-unsaturated/α-hetero) is 1. The van der Waals surface area contributed by atoms with Gasteiger partial charge in [-0.15, -0.1) is 0 Å². The fourth-order valence-electron chi connectivity index (χ4n) is 2.60. The number of rotatable bonds is 2. The van der Waals surface area contributed by atoms with Gasteiger partial charge in [0, 0.05) is 24.1 Å². The van der Waals surface area contributed by atoms with Crippen molar-refractivity contribution in [2.24, 2.45) is 0 Å². The minimum atomic E-state index is -0.400. The number of carbonyl (C=O) groups excluding carboxylic acids is 2. The monoisotopic (exact) mass is 299 g/mol. The molecule has 2 aromatic rings. The van der Waals surface area contributed by atoms with E-state index in [9.17, 15) is 14.0 Å². The molecule has 0 saturated heterocycles. The summed E-state index contributed by atoms with van der Waals surface area (Å²) in [6.45, 7) is 0.280. The molecule has 0 bridgehead atoms. The lowest BCUT2D eigenvalue weighted by atomic mass is 9.98. The van der Waals surface area contributed by atoms with Gasteiger partial charge in [-0.2, -0.15) is 0 Å². The van der Waals surface area contributed by atoms with E-state index < -0.39 is 5.82 Å². The van der Waals surface area contributed by atoms with Crippen LogP contribution in [-0.4, -0.2) is 25.3 Å². The van der Waals surface area contributed by atoms with Gasteiger partial charge in [0.05, 0.1) is 12.8 Å². The van der Waals surface area contributed by atoms with E-state index in [1.807, 2.05) is 0 Å². The Hall–Kier alpha value is -2.69. The molecule has 1 heterocycles. The summed E-state index contributed by atoms with van der Waals surface area (Å²) in [6.07, 6.45) is 0.257. The normalized spacial score (nSPS) is 13.7. The summed E-state index contributed by atoms with van der Waals surface area (Å²) in [5, 5.41) is 0. The highest BCUT2D eigenvalue weighted by Crippen LogP contribution is 2.36. The molecule has 0 spiro atoms. The van der Waals surface area contributed by atoms with E-state index in [-0.39, 0.29) is 24.7 Å². The fourth-order valence-corrected chi connectivity index (χ4v) is 2.60. The summed E-state index contributed by atoms with van der Waals surface area (Å²) in [7, 11) is 1.50. The highest BCUT2D eigenvalue weighted by Gasteiger charge is 2.30. The quantitative estimate of drug-likeness (QED) is 0.856. The van der Waals surface area contributed by atoms with Crippen molar-refractivity contribution in [1.82, 2.24) is 0 Å². The largest absolute Gasteiger partial charge is 0.495 e. The molecule has 0 fully saturated rings. The second-order valence-electron chi connectivity index (χ2n) is 4.99. The first-order valence-corrected chi connectivity index (χ1v) is 6.89. The average Bonchev–Trinajstić information content (AvgIpc) is 2.55. The number of carbonyl (C=O) groups is 2. The Bertz CT molecular complexity index is 740. The molecule has 1 aliphatic heterocycles. The molecular weight excluding hydrogens is 285 g/mol. The van der Waals surface area contributed by atoms with Gasteiger partial charge < -0.3 is 9.64 Å². The van der Waals surface area contributed by atoms with Crippen LogP contribution in [0.25, 0.3) is 0 Å². The zero-order chi connectivity index (χ0) is 15.7. The number of halogens is 1. The molecule has 112 valence electrons. The summed E-state index contributed by atoms with van der Waals surface area (Å²) in [4.78, 5) is 26.3. The SMILES string of the molecule is COc1cccc2c1N(C(=O)c1ccc(F)cc1)CCC2=O. The van der Waals surface area contributed by atoms with E-state index in [1.165, 1.54) is 36.3 Å². The van der Waals surface area contributed by atoms with E-state index in [1.54, 1.807) is 18.2 Å². The number of anilines is 1. The van der Waals surface area contributed by atoms with Crippen molar-refractivity contribution in [1.29, 1.82) is 0 Å². The Morgan fingerprint density at radius 1 is 1.18 bits per heavy atom. The number of fused-ring (bicyclic) bond motifs is 1. The van der Waals surface area contributed by atoms with E-state index in [0.29, 0.717) is 22.6 Å². The van der Waals surface area contributed by atoms with Gasteiger partial charge in [0.15, 0.2) is 5.78 Å². The Balaban J connectivity index is 2.06. The van der Waals surface area contributed by atoms with Crippen LogP contribution in [0.4, 0.5) is 10.1 Å². The second-order valence-corrected chi connectivity index (χ2v) is 4.99. The highest BCUT2D eigenvalue weighted by atomic mass is 19.1. The number of nitrogens with zero attached hydrogens (tertiary/aromatic N) is 1. The van der Waals surface area contributed by atoms with Crippen molar-refractivity contribution in [2.45, 2.75) is 6.42 Å². The first-order valence-electron chi connectivity index (χ1n) is 6.89. The predicted molar refractivity (Wildman–Crippen MR) is 80.0 cm³/mol. The number of ketones is 1. The number of amides is 1. The van der Waals surface area contributed by atoms with Gasteiger partial charge in [0.25, 0.3) is 5.91 Å². The number of benzene rings is 2. The maximum absolute atomic E-state index is 13.0. The number of methoxy groups -OCH3 is 1. The first-order chi connectivity index (χ1) is 10.6. The van der Waals surface area contributed by atoms with Crippen LogP contribution in [0.15, 0.2) is 42.5 Å². The van der Waals surface area contributed by atoms with Crippen molar-refractivity contribution < 1.29 is 18.7 Å². The van der Waals surface area contributed by atoms with E-state index in [0.717, 1.165) is 0 Å². The minimum absolute atomic E-state index is 0.0166. The molecule has 1 amide bonds. The molecule has 0 radical (unpaired) electrons.